The van der Waals surface area contributed by atoms with Crippen LogP contribution in [0.3, 0.4) is 0 Å². The van der Waals surface area contributed by atoms with Crippen LogP contribution >= 0.6 is 15.9 Å². The van der Waals surface area contributed by atoms with E-state index in [4.69, 9.17) is 4.74 Å². The van der Waals surface area contributed by atoms with Crippen molar-refractivity contribution in [3.8, 4) is 5.75 Å². The van der Waals surface area contributed by atoms with Crippen molar-refractivity contribution < 1.29 is 22.7 Å². The molecule has 1 aliphatic rings. The molecule has 0 radical (unpaired) electrons. The Hall–Kier alpha value is -2.39. The van der Waals surface area contributed by atoms with Gasteiger partial charge in [0.2, 0.25) is 11.8 Å². The lowest BCUT2D eigenvalue weighted by Crippen LogP contribution is -2.29. The molecule has 30 heavy (non-hydrogen) atoms. The predicted octanol–water partition coefficient (Wildman–Crippen LogP) is 3.56. The van der Waals surface area contributed by atoms with Gasteiger partial charge in [-0.25, -0.2) is 8.42 Å². The van der Waals surface area contributed by atoms with Crippen molar-refractivity contribution >= 4 is 49.0 Å². The molecule has 2 aromatic carbocycles. The predicted molar refractivity (Wildman–Crippen MR) is 119 cm³/mol. The van der Waals surface area contributed by atoms with E-state index in [9.17, 15) is 18.0 Å². The summed E-state index contributed by atoms with van der Waals surface area (Å²) in [6.45, 7) is 2.20. The van der Waals surface area contributed by atoms with Gasteiger partial charge >= 0.3 is 0 Å². The lowest BCUT2D eigenvalue weighted by Gasteiger charge is -2.20. The van der Waals surface area contributed by atoms with E-state index in [1.54, 1.807) is 38.3 Å². The summed E-state index contributed by atoms with van der Waals surface area (Å²) in [5, 5.41) is 2.68. The molecule has 0 aliphatic carbocycles. The lowest BCUT2D eigenvalue weighted by atomic mass is 10.2. The Morgan fingerprint density at radius 1 is 1.20 bits per heavy atom. The normalized spacial score (nSPS) is 13.1. The van der Waals surface area contributed by atoms with Crippen LogP contribution in [0.2, 0.25) is 0 Å². The summed E-state index contributed by atoms with van der Waals surface area (Å²) >= 11 is 3.36. The van der Waals surface area contributed by atoms with Crippen molar-refractivity contribution in [3.05, 3.63) is 46.4 Å². The van der Waals surface area contributed by atoms with Crippen molar-refractivity contribution in [2.75, 3.05) is 29.6 Å². The zero-order valence-corrected chi connectivity index (χ0v) is 19.2. The average molecular weight is 495 g/mol. The minimum atomic E-state index is -3.79. The molecule has 0 saturated carbocycles. The van der Waals surface area contributed by atoms with E-state index in [-0.39, 0.29) is 23.0 Å². The van der Waals surface area contributed by atoms with E-state index in [1.165, 1.54) is 11.0 Å². The van der Waals surface area contributed by atoms with E-state index in [0.717, 1.165) is 5.56 Å². The number of ether oxygens (including phenoxy) is 1. The van der Waals surface area contributed by atoms with Crippen LogP contribution in [0.1, 0.15) is 25.3 Å². The number of benzene rings is 2. The molecule has 1 aliphatic heterocycles. The fourth-order valence-corrected chi connectivity index (χ4v) is 5.55. The molecule has 7 nitrogen and oxygen atoms in total. The molecule has 0 spiro atoms. The smallest absolute Gasteiger partial charge is 0.226 e. The molecule has 1 N–H and O–H groups in total. The first-order valence-corrected chi connectivity index (χ1v) is 12.0. The van der Waals surface area contributed by atoms with Crippen molar-refractivity contribution in [2.45, 2.75) is 31.1 Å². The summed E-state index contributed by atoms with van der Waals surface area (Å²) in [4.78, 5) is 26.2. The first-order valence-electron chi connectivity index (χ1n) is 9.54. The van der Waals surface area contributed by atoms with Gasteiger partial charge in [-0.15, -0.1) is 0 Å². The molecular formula is C21H23BrN2O5S. The number of rotatable bonds is 7. The third-order valence-electron chi connectivity index (χ3n) is 4.90. The van der Waals surface area contributed by atoms with Crippen molar-refractivity contribution in [2.24, 2.45) is 0 Å². The van der Waals surface area contributed by atoms with E-state index in [1.807, 2.05) is 6.07 Å². The fourth-order valence-electron chi connectivity index (χ4n) is 3.38. The van der Waals surface area contributed by atoms with Gasteiger partial charge in [0.15, 0.2) is 9.84 Å². The van der Waals surface area contributed by atoms with Crippen LogP contribution in [0.15, 0.2) is 45.8 Å². The Kier molecular flexibility index (Phi) is 6.82. The number of nitrogens with one attached hydrogen (secondary N) is 1. The number of halogens is 1. The monoisotopic (exact) mass is 494 g/mol. The molecule has 0 aromatic heterocycles. The molecule has 0 fully saturated rings. The van der Waals surface area contributed by atoms with E-state index < -0.39 is 15.7 Å². The maximum Gasteiger partial charge on any atom is 0.226 e. The highest BCUT2D eigenvalue weighted by molar-refractivity contribution is 9.10. The highest BCUT2D eigenvalue weighted by atomic mass is 79.9. The molecule has 1 heterocycles. The number of anilines is 2. The van der Waals surface area contributed by atoms with E-state index >= 15 is 0 Å². The molecule has 0 unspecified atom stereocenters. The van der Waals surface area contributed by atoms with Crippen LogP contribution in [-0.2, 0) is 25.8 Å². The van der Waals surface area contributed by atoms with Gasteiger partial charge in [-0.05, 0) is 48.4 Å². The van der Waals surface area contributed by atoms with Crippen LogP contribution in [0.4, 0.5) is 11.4 Å². The Balaban J connectivity index is 1.77. The van der Waals surface area contributed by atoms with Gasteiger partial charge in [0.25, 0.3) is 0 Å². The average Bonchev–Trinajstić information content (AvgIpc) is 3.15. The fraction of sp³-hybridized carbons (Fsp3) is 0.333. The summed E-state index contributed by atoms with van der Waals surface area (Å²) in [6, 6.07) is 10.1. The quantitative estimate of drug-likeness (QED) is 0.634. The van der Waals surface area contributed by atoms with Gasteiger partial charge < -0.3 is 15.0 Å². The third-order valence-corrected chi connectivity index (χ3v) is 7.08. The Morgan fingerprint density at radius 2 is 1.90 bits per heavy atom. The minimum absolute atomic E-state index is 0.0865. The van der Waals surface area contributed by atoms with Crippen molar-refractivity contribution in [1.82, 2.24) is 0 Å². The van der Waals surface area contributed by atoms with Crippen molar-refractivity contribution in [1.29, 1.82) is 0 Å². The first kappa shape index (κ1) is 22.3. The number of fused-ring (bicyclic) bond motifs is 1. The number of amides is 2. The van der Waals surface area contributed by atoms with Gasteiger partial charge in [0, 0.05) is 29.5 Å². The van der Waals surface area contributed by atoms with Crippen LogP contribution in [0.25, 0.3) is 0 Å². The summed E-state index contributed by atoms with van der Waals surface area (Å²) in [5.74, 6) is -0.224. The van der Waals surface area contributed by atoms with Gasteiger partial charge in [0.05, 0.1) is 23.4 Å². The lowest BCUT2D eigenvalue weighted by molar-refractivity contribution is -0.118. The van der Waals surface area contributed by atoms with Crippen LogP contribution < -0.4 is 15.0 Å². The Labute approximate surface area is 184 Å². The highest BCUT2D eigenvalue weighted by Crippen LogP contribution is 2.38. The Morgan fingerprint density at radius 3 is 2.53 bits per heavy atom. The summed E-state index contributed by atoms with van der Waals surface area (Å²) < 4.78 is 31.9. The maximum absolute atomic E-state index is 13.1. The number of methoxy groups -OCH3 is 1. The third kappa shape index (κ3) is 4.84. The van der Waals surface area contributed by atoms with Gasteiger partial charge in [-0.1, -0.05) is 22.9 Å². The second-order valence-electron chi connectivity index (χ2n) is 6.91. The van der Waals surface area contributed by atoms with Gasteiger partial charge in [-0.3, -0.25) is 9.59 Å². The zero-order chi connectivity index (χ0) is 21.9. The summed E-state index contributed by atoms with van der Waals surface area (Å²) in [5.41, 5.74) is 1.81. The van der Waals surface area contributed by atoms with Gasteiger partial charge in [-0.2, -0.15) is 0 Å². The first-order chi connectivity index (χ1) is 14.2. The van der Waals surface area contributed by atoms with E-state index in [0.29, 0.717) is 41.0 Å². The SMILES string of the molecule is CCC(=O)N1CCc2cc(Br)cc(S(=O)(=O)CCC(=O)Nc3ccc(OC)cc3)c21. The number of carbonyl (C=O) groups excluding carboxylic acids is 2. The number of hydrogen-bond donors (Lipinski definition) is 1. The Bertz CT molecular complexity index is 1070. The highest BCUT2D eigenvalue weighted by Gasteiger charge is 2.32. The largest absolute Gasteiger partial charge is 0.497 e. The topological polar surface area (TPSA) is 92.8 Å². The maximum atomic E-state index is 13.1. The number of hydrogen-bond acceptors (Lipinski definition) is 5. The second kappa shape index (κ2) is 9.18. The molecular weight excluding hydrogens is 472 g/mol. The van der Waals surface area contributed by atoms with Crippen LogP contribution in [-0.4, -0.2) is 39.6 Å². The van der Waals surface area contributed by atoms with Gasteiger partial charge in [0.1, 0.15) is 5.75 Å². The molecule has 9 heteroatoms. The molecule has 2 amide bonds. The molecule has 2 aromatic rings. The van der Waals surface area contributed by atoms with Crippen LogP contribution in [0.5, 0.6) is 5.75 Å². The van der Waals surface area contributed by atoms with Crippen molar-refractivity contribution in [3.63, 3.8) is 0 Å². The van der Waals surface area contributed by atoms with E-state index in [2.05, 4.69) is 21.2 Å². The second-order valence-corrected chi connectivity index (χ2v) is 9.90. The zero-order valence-electron chi connectivity index (χ0n) is 16.8. The molecule has 0 saturated heterocycles. The summed E-state index contributed by atoms with van der Waals surface area (Å²) in [6.07, 6.45) is 0.692. The molecule has 0 bridgehead atoms. The molecule has 160 valence electrons. The number of carbonyl (C=O) groups is 2. The molecule has 0 atom stereocenters. The summed E-state index contributed by atoms with van der Waals surface area (Å²) in [7, 11) is -2.24. The number of sulfone groups is 1. The number of nitrogens with zero attached hydrogens (tertiary/aromatic N) is 1. The molecule has 3 rings (SSSR count). The minimum Gasteiger partial charge on any atom is -0.497 e. The van der Waals surface area contributed by atoms with Crippen LogP contribution in [0, 0.1) is 0 Å². The standard InChI is InChI=1S/C21H23BrN2O5S/c1-3-20(26)24-10-8-14-12-15(22)13-18(21(14)24)30(27,28)11-9-19(25)23-16-4-6-17(29-2)7-5-16/h4-7,12-13H,3,8-11H2,1-2H3,(H,23,25).